The molecule has 0 radical (unpaired) electrons. The van der Waals surface area contributed by atoms with Gasteiger partial charge in [-0.1, -0.05) is 54.6 Å². The standard InChI is InChI=1S/C25H20N2O5/c1-32-24(30)21(13-15-7-3-2-4-8-15)27-25(31)26-16-11-12-19-20(14-16)23(29)18-10-6-5-9-17(18)22(19)28/h2-12,14,21H,13H2,1H3,(H2,26,27,31). The summed E-state index contributed by atoms with van der Waals surface area (Å²) in [6.45, 7) is 0. The van der Waals surface area contributed by atoms with E-state index in [-0.39, 0.29) is 29.1 Å². The molecule has 32 heavy (non-hydrogen) atoms. The number of esters is 1. The second kappa shape index (κ2) is 8.85. The van der Waals surface area contributed by atoms with Crippen molar-refractivity contribution in [2.45, 2.75) is 12.5 Å². The molecular weight excluding hydrogens is 408 g/mol. The molecule has 0 aliphatic heterocycles. The Hall–Kier alpha value is -4.26. The third kappa shape index (κ3) is 4.13. The molecule has 0 aromatic heterocycles. The average Bonchev–Trinajstić information content (AvgIpc) is 2.82. The molecule has 2 N–H and O–H groups in total. The molecule has 0 bridgehead atoms. The van der Waals surface area contributed by atoms with Gasteiger partial charge in [-0.2, -0.15) is 0 Å². The van der Waals surface area contributed by atoms with E-state index in [1.54, 1.807) is 30.3 Å². The first-order valence-corrected chi connectivity index (χ1v) is 9.99. The first-order chi connectivity index (χ1) is 15.5. The van der Waals surface area contributed by atoms with Gasteiger partial charge in [0.1, 0.15) is 6.04 Å². The van der Waals surface area contributed by atoms with Crippen molar-refractivity contribution in [3.63, 3.8) is 0 Å². The summed E-state index contributed by atoms with van der Waals surface area (Å²) in [5.74, 6) is -1.09. The molecule has 0 saturated heterocycles. The van der Waals surface area contributed by atoms with Crippen LogP contribution in [0.4, 0.5) is 10.5 Å². The maximum atomic E-state index is 12.9. The van der Waals surface area contributed by atoms with Gasteiger partial charge in [-0.25, -0.2) is 9.59 Å². The predicted octanol–water partition coefficient (Wildman–Crippen LogP) is 3.37. The fourth-order valence-electron chi connectivity index (χ4n) is 3.69. The Bertz CT molecular complexity index is 1220. The Morgan fingerprint density at radius 2 is 1.41 bits per heavy atom. The summed E-state index contributed by atoms with van der Waals surface area (Å²) >= 11 is 0. The number of hydrogen-bond donors (Lipinski definition) is 2. The molecule has 7 nitrogen and oxygen atoms in total. The third-order valence-electron chi connectivity index (χ3n) is 5.26. The van der Waals surface area contributed by atoms with E-state index in [1.165, 1.54) is 19.2 Å². The Morgan fingerprint density at radius 1 is 0.812 bits per heavy atom. The number of hydrogen-bond acceptors (Lipinski definition) is 5. The highest BCUT2D eigenvalue weighted by molar-refractivity contribution is 6.28. The number of carbonyl (C=O) groups excluding carboxylic acids is 4. The summed E-state index contributed by atoms with van der Waals surface area (Å²) in [4.78, 5) is 50.3. The first-order valence-electron chi connectivity index (χ1n) is 9.99. The zero-order valence-electron chi connectivity index (χ0n) is 17.3. The minimum absolute atomic E-state index is 0.223. The monoisotopic (exact) mass is 428 g/mol. The molecule has 0 fully saturated rings. The van der Waals surface area contributed by atoms with Crippen LogP contribution in [0.5, 0.6) is 0 Å². The number of rotatable bonds is 5. The molecule has 1 aliphatic rings. The number of anilines is 1. The topological polar surface area (TPSA) is 102 Å². The van der Waals surface area contributed by atoms with Crippen molar-refractivity contribution in [3.05, 3.63) is 101 Å². The molecule has 160 valence electrons. The van der Waals surface area contributed by atoms with Crippen molar-refractivity contribution in [2.24, 2.45) is 0 Å². The number of ether oxygens (including phenoxy) is 1. The molecule has 1 unspecified atom stereocenters. The van der Waals surface area contributed by atoms with Gasteiger partial charge in [0.15, 0.2) is 11.6 Å². The zero-order valence-corrected chi connectivity index (χ0v) is 17.3. The van der Waals surface area contributed by atoms with Gasteiger partial charge < -0.3 is 15.4 Å². The molecule has 3 aromatic rings. The number of benzene rings is 3. The maximum Gasteiger partial charge on any atom is 0.328 e. The van der Waals surface area contributed by atoms with Crippen molar-refractivity contribution in [1.29, 1.82) is 0 Å². The van der Waals surface area contributed by atoms with E-state index in [0.717, 1.165) is 5.56 Å². The highest BCUT2D eigenvalue weighted by Crippen LogP contribution is 2.29. The van der Waals surface area contributed by atoms with Gasteiger partial charge in [0.05, 0.1) is 7.11 Å². The lowest BCUT2D eigenvalue weighted by Gasteiger charge is -2.19. The summed E-state index contributed by atoms with van der Waals surface area (Å²) in [5.41, 5.74) is 2.40. The van der Waals surface area contributed by atoms with Gasteiger partial charge >= 0.3 is 12.0 Å². The van der Waals surface area contributed by atoms with Gasteiger partial charge in [-0.05, 0) is 23.8 Å². The predicted molar refractivity (Wildman–Crippen MR) is 118 cm³/mol. The average molecular weight is 428 g/mol. The van der Waals surface area contributed by atoms with Crippen LogP contribution >= 0.6 is 0 Å². The highest BCUT2D eigenvalue weighted by atomic mass is 16.5. The van der Waals surface area contributed by atoms with E-state index in [9.17, 15) is 19.2 Å². The molecule has 1 aliphatic carbocycles. The summed E-state index contributed by atoms with van der Waals surface area (Å²) < 4.78 is 4.81. The Labute approximate surface area is 184 Å². The van der Waals surface area contributed by atoms with E-state index >= 15 is 0 Å². The third-order valence-corrected chi connectivity index (χ3v) is 5.26. The van der Waals surface area contributed by atoms with Crippen LogP contribution in [-0.2, 0) is 16.0 Å². The second-order valence-electron chi connectivity index (χ2n) is 7.33. The molecule has 0 heterocycles. The molecule has 0 saturated carbocycles. The van der Waals surface area contributed by atoms with E-state index < -0.39 is 18.0 Å². The Balaban J connectivity index is 1.51. The summed E-state index contributed by atoms with van der Waals surface area (Å²) in [5, 5.41) is 5.23. The van der Waals surface area contributed by atoms with Crippen LogP contribution in [0.15, 0.2) is 72.8 Å². The number of carbonyl (C=O) groups is 4. The van der Waals surface area contributed by atoms with Crippen molar-refractivity contribution in [1.82, 2.24) is 5.32 Å². The summed E-state index contributed by atoms with van der Waals surface area (Å²) in [7, 11) is 1.25. The van der Waals surface area contributed by atoms with E-state index in [4.69, 9.17) is 4.74 Å². The molecule has 4 rings (SSSR count). The van der Waals surface area contributed by atoms with Crippen LogP contribution in [-0.4, -0.2) is 36.7 Å². The Kier molecular flexibility index (Phi) is 5.81. The van der Waals surface area contributed by atoms with Gasteiger partial charge in [0.2, 0.25) is 0 Å². The largest absolute Gasteiger partial charge is 0.467 e. The quantitative estimate of drug-likeness (QED) is 0.475. The second-order valence-corrected chi connectivity index (χ2v) is 7.33. The van der Waals surface area contributed by atoms with Crippen LogP contribution in [0.1, 0.15) is 37.4 Å². The number of fused-ring (bicyclic) bond motifs is 2. The SMILES string of the molecule is COC(=O)C(Cc1ccccc1)NC(=O)Nc1ccc2c(c1)C(=O)c1ccccc1C2=O. The molecule has 2 amide bonds. The van der Waals surface area contributed by atoms with Crippen molar-refractivity contribution in [3.8, 4) is 0 Å². The first kappa shape index (κ1) is 21.0. The van der Waals surface area contributed by atoms with Crippen molar-refractivity contribution in [2.75, 3.05) is 12.4 Å². The highest BCUT2D eigenvalue weighted by Gasteiger charge is 2.29. The van der Waals surface area contributed by atoms with E-state index in [0.29, 0.717) is 16.8 Å². The van der Waals surface area contributed by atoms with Gasteiger partial charge in [-0.15, -0.1) is 0 Å². The van der Waals surface area contributed by atoms with E-state index in [1.807, 2.05) is 30.3 Å². The number of nitrogens with one attached hydrogen (secondary N) is 2. The number of urea groups is 1. The number of ketones is 2. The van der Waals surface area contributed by atoms with Gasteiger partial charge in [0, 0.05) is 34.4 Å². The smallest absolute Gasteiger partial charge is 0.328 e. The van der Waals surface area contributed by atoms with Crippen LogP contribution in [0.3, 0.4) is 0 Å². The van der Waals surface area contributed by atoms with Gasteiger partial charge in [-0.3, -0.25) is 9.59 Å². The van der Waals surface area contributed by atoms with Crippen molar-refractivity contribution >= 4 is 29.3 Å². The minimum Gasteiger partial charge on any atom is -0.467 e. The minimum atomic E-state index is -0.893. The van der Waals surface area contributed by atoms with E-state index in [2.05, 4.69) is 10.6 Å². The molecule has 3 aromatic carbocycles. The fourth-order valence-corrected chi connectivity index (χ4v) is 3.69. The molecule has 7 heteroatoms. The zero-order chi connectivity index (χ0) is 22.7. The van der Waals surface area contributed by atoms with Crippen LogP contribution in [0, 0.1) is 0 Å². The molecule has 0 spiro atoms. The number of amides is 2. The molecule has 1 atom stereocenters. The lowest BCUT2D eigenvalue weighted by Crippen LogP contribution is -2.45. The lowest BCUT2D eigenvalue weighted by molar-refractivity contribution is -0.142. The van der Waals surface area contributed by atoms with Crippen LogP contribution in [0.2, 0.25) is 0 Å². The normalized spacial score (nSPS) is 12.9. The summed E-state index contributed by atoms with van der Waals surface area (Å²) in [6, 6.07) is 18.9. The van der Waals surface area contributed by atoms with Crippen molar-refractivity contribution < 1.29 is 23.9 Å². The Morgan fingerprint density at radius 3 is 2.06 bits per heavy atom. The van der Waals surface area contributed by atoms with Gasteiger partial charge in [0.25, 0.3) is 0 Å². The fraction of sp³-hybridized carbons (Fsp3) is 0.120. The lowest BCUT2D eigenvalue weighted by atomic mass is 9.84. The van der Waals surface area contributed by atoms with Crippen LogP contribution in [0.25, 0.3) is 0 Å². The number of methoxy groups -OCH3 is 1. The van der Waals surface area contributed by atoms with Crippen LogP contribution < -0.4 is 10.6 Å². The molecular formula is C25H20N2O5. The summed E-state index contributed by atoms with van der Waals surface area (Å²) in [6.07, 6.45) is 0.259. The maximum absolute atomic E-state index is 12.9.